The van der Waals surface area contributed by atoms with Crippen LogP contribution in [0.25, 0.3) is 0 Å². The topological polar surface area (TPSA) is 79.0 Å². The Labute approximate surface area is 214 Å². The van der Waals surface area contributed by atoms with Crippen LogP contribution in [0.4, 0.5) is 11.4 Å². The van der Waals surface area contributed by atoms with E-state index in [-0.39, 0.29) is 17.8 Å². The number of nitrogens with one attached hydrogen (secondary N) is 1. The predicted molar refractivity (Wildman–Crippen MR) is 144 cm³/mol. The molecular formula is C29H39N3O4. The van der Waals surface area contributed by atoms with Gasteiger partial charge in [-0.3, -0.25) is 14.4 Å². The molecule has 2 amide bonds. The standard InChI is InChI=1S/C29H39N3O4/c1-10-29(6,7)28(35)32-14-13-21-11-12-22(31(8)9)16-23(21)25(32)27(34)30-24-15-17(2)26(36-20(5)33)19(4)18(24)3/h11-12,15-16,25H,10,13-14H2,1-9H3,(H,30,34). The van der Waals surface area contributed by atoms with Crippen molar-refractivity contribution in [3.05, 3.63) is 52.1 Å². The van der Waals surface area contributed by atoms with Crippen molar-refractivity contribution in [1.82, 2.24) is 4.90 Å². The normalized spacial score (nSPS) is 15.2. The number of anilines is 2. The van der Waals surface area contributed by atoms with Gasteiger partial charge >= 0.3 is 5.97 Å². The number of carbonyl (C=O) groups is 3. The minimum atomic E-state index is -0.750. The van der Waals surface area contributed by atoms with Gasteiger partial charge in [0.25, 0.3) is 5.91 Å². The Balaban J connectivity index is 2.08. The SMILES string of the molecule is CCC(C)(C)C(=O)N1CCc2ccc(N(C)C)cc2C1C(=O)Nc1cc(C)c(OC(C)=O)c(C)c1C. The Morgan fingerprint density at radius 1 is 1.11 bits per heavy atom. The molecule has 3 rings (SSSR count). The van der Waals surface area contributed by atoms with Gasteiger partial charge in [0.05, 0.1) is 0 Å². The van der Waals surface area contributed by atoms with Crippen LogP contribution in [0.3, 0.4) is 0 Å². The van der Waals surface area contributed by atoms with Gasteiger partial charge in [0, 0.05) is 44.4 Å². The van der Waals surface area contributed by atoms with Gasteiger partial charge in [-0.05, 0) is 79.6 Å². The van der Waals surface area contributed by atoms with Gasteiger partial charge in [-0.2, -0.15) is 0 Å². The molecule has 0 aromatic heterocycles. The third-order valence-electron chi connectivity index (χ3n) is 7.38. The van der Waals surface area contributed by atoms with Crippen molar-refractivity contribution in [3.8, 4) is 5.75 Å². The van der Waals surface area contributed by atoms with E-state index in [0.29, 0.717) is 30.8 Å². The Hall–Kier alpha value is -3.35. The van der Waals surface area contributed by atoms with Crippen LogP contribution in [0.1, 0.15) is 68.0 Å². The number of carbonyl (C=O) groups excluding carboxylic acids is 3. The van der Waals surface area contributed by atoms with E-state index in [1.165, 1.54) is 6.92 Å². The fraction of sp³-hybridized carbons (Fsp3) is 0.483. The van der Waals surface area contributed by atoms with E-state index in [4.69, 9.17) is 4.74 Å². The molecule has 2 aromatic rings. The molecule has 0 spiro atoms. The number of hydrogen-bond donors (Lipinski definition) is 1. The number of benzene rings is 2. The minimum Gasteiger partial charge on any atom is -0.426 e. The Kier molecular flexibility index (Phi) is 7.82. The molecule has 0 bridgehead atoms. The second kappa shape index (κ2) is 10.3. The number of fused-ring (bicyclic) bond motifs is 1. The highest BCUT2D eigenvalue weighted by Gasteiger charge is 2.41. The van der Waals surface area contributed by atoms with Crippen LogP contribution in [0.2, 0.25) is 0 Å². The summed E-state index contributed by atoms with van der Waals surface area (Å²) < 4.78 is 5.40. The fourth-order valence-electron chi connectivity index (χ4n) is 4.61. The average Bonchev–Trinajstić information content (AvgIpc) is 2.83. The molecule has 1 unspecified atom stereocenters. The van der Waals surface area contributed by atoms with Crippen LogP contribution >= 0.6 is 0 Å². The second-order valence-corrected chi connectivity index (χ2v) is 10.6. The van der Waals surface area contributed by atoms with Crippen LogP contribution in [0, 0.1) is 26.2 Å². The number of esters is 1. The number of ether oxygens (including phenoxy) is 1. The summed E-state index contributed by atoms with van der Waals surface area (Å²) in [6.07, 6.45) is 1.38. The lowest BCUT2D eigenvalue weighted by molar-refractivity contribution is -0.147. The third kappa shape index (κ3) is 5.25. The van der Waals surface area contributed by atoms with Crippen molar-refractivity contribution in [2.75, 3.05) is 30.9 Å². The van der Waals surface area contributed by atoms with Crippen molar-refractivity contribution in [1.29, 1.82) is 0 Å². The molecule has 0 radical (unpaired) electrons. The monoisotopic (exact) mass is 493 g/mol. The van der Waals surface area contributed by atoms with Crippen molar-refractivity contribution in [3.63, 3.8) is 0 Å². The highest BCUT2D eigenvalue weighted by atomic mass is 16.5. The molecule has 194 valence electrons. The molecule has 0 fully saturated rings. The van der Waals surface area contributed by atoms with E-state index < -0.39 is 11.5 Å². The summed E-state index contributed by atoms with van der Waals surface area (Å²) in [6, 6.07) is 7.20. The van der Waals surface area contributed by atoms with Gasteiger partial charge < -0.3 is 19.9 Å². The zero-order valence-corrected chi connectivity index (χ0v) is 23.0. The molecule has 1 N–H and O–H groups in total. The molecule has 1 aliphatic rings. The maximum absolute atomic E-state index is 14.0. The molecule has 2 aromatic carbocycles. The number of amides is 2. The third-order valence-corrected chi connectivity index (χ3v) is 7.38. The second-order valence-electron chi connectivity index (χ2n) is 10.6. The van der Waals surface area contributed by atoms with Gasteiger partial charge in [-0.1, -0.05) is 26.8 Å². The van der Waals surface area contributed by atoms with Crippen LogP contribution in [0.5, 0.6) is 5.75 Å². The lowest BCUT2D eigenvalue weighted by Crippen LogP contribution is -2.49. The van der Waals surface area contributed by atoms with E-state index in [9.17, 15) is 14.4 Å². The molecule has 7 nitrogen and oxygen atoms in total. The van der Waals surface area contributed by atoms with Gasteiger partial charge in [-0.25, -0.2) is 0 Å². The molecule has 1 atom stereocenters. The van der Waals surface area contributed by atoms with Crippen molar-refractivity contribution in [2.24, 2.45) is 5.41 Å². The first-order valence-electron chi connectivity index (χ1n) is 12.5. The highest BCUT2D eigenvalue weighted by molar-refractivity contribution is 6.00. The van der Waals surface area contributed by atoms with Crippen molar-refractivity contribution in [2.45, 2.75) is 67.3 Å². The zero-order valence-electron chi connectivity index (χ0n) is 23.0. The van der Waals surface area contributed by atoms with Crippen LogP contribution < -0.4 is 15.0 Å². The number of aryl methyl sites for hydroxylation is 1. The maximum atomic E-state index is 14.0. The van der Waals surface area contributed by atoms with Gasteiger partial charge in [0.15, 0.2) is 0 Å². The minimum absolute atomic E-state index is 0.0275. The van der Waals surface area contributed by atoms with E-state index in [0.717, 1.165) is 33.5 Å². The molecule has 0 saturated heterocycles. The van der Waals surface area contributed by atoms with Crippen LogP contribution in [-0.4, -0.2) is 43.3 Å². The average molecular weight is 494 g/mol. The summed E-state index contributed by atoms with van der Waals surface area (Å²) in [5.74, 6) is -0.159. The maximum Gasteiger partial charge on any atom is 0.308 e. The van der Waals surface area contributed by atoms with E-state index >= 15 is 0 Å². The lowest BCUT2D eigenvalue weighted by Gasteiger charge is -2.40. The molecule has 1 heterocycles. The molecule has 1 aliphatic heterocycles. The number of nitrogens with zero attached hydrogens (tertiary/aromatic N) is 2. The Morgan fingerprint density at radius 3 is 2.36 bits per heavy atom. The van der Waals surface area contributed by atoms with Gasteiger partial charge in [0.2, 0.25) is 5.91 Å². The summed E-state index contributed by atoms with van der Waals surface area (Å²) in [5.41, 5.74) is 5.33. The highest BCUT2D eigenvalue weighted by Crippen LogP contribution is 2.38. The largest absolute Gasteiger partial charge is 0.426 e. The molecule has 7 heteroatoms. The van der Waals surface area contributed by atoms with Gasteiger partial charge in [0.1, 0.15) is 11.8 Å². The molecule has 0 saturated carbocycles. The van der Waals surface area contributed by atoms with Gasteiger partial charge in [-0.15, -0.1) is 0 Å². The van der Waals surface area contributed by atoms with Crippen molar-refractivity contribution >= 4 is 29.2 Å². The zero-order chi connectivity index (χ0) is 26.9. The van der Waals surface area contributed by atoms with E-state index in [2.05, 4.69) is 11.4 Å². The fourth-order valence-corrected chi connectivity index (χ4v) is 4.61. The summed E-state index contributed by atoms with van der Waals surface area (Å²) in [5, 5.41) is 3.10. The molecular weight excluding hydrogens is 454 g/mol. The first-order valence-corrected chi connectivity index (χ1v) is 12.5. The molecule has 36 heavy (non-hydrogen) atoms. The van der Waals surface area contributed by atoms with E-state index in [1.807, 2.05) is 78.7 Å². The van der Waals surface area contributed by atoms with Crippen molar-refractivity contribution < 1.29 is 19.1 Å². The molecule has 0 aliphatic carbocycles. The Morgan fingerprint density at radius 2 is 1.78 bits per heavy atom. The van der Waals surface area contributed by atoms with E-state index in [1.54, 1.807) is 4.90 Å². The Bertz CT molecular complexity index is 1200. The summed E-state index contributed by atoms with van der Waals surface area (Å²) in [6.45, 7) is 13.3. The summed E-state index contributed by atoms with van der Waals surface area (Å²) >= 11 is 0. The summed E-state index contributed by atoms with van der Waals surface area (Å²) in [4.78, 5) is 42.9. The quantitative estimate of drug-likeness (QED) is 0.447. The first kappa shape index (κ1) is 27.2. The predicted octanol–water partition coefficient (Wildman–Crippen LogP) is 5.10. The summed E-state index contributed by atoms with van der Waals surface area (Å²) in [7, 11) is 3.92. The van der Waals surface area contributed by atoms with Crippen LogP contribution in [-0.2, 0) is 20.8 Å². The first-order chi connectivity index (χ1) is 16.8. The smallest absolute Gasteiger partial charge is 0.308 e. The van der Waals surface area contributed by atoms with Crippen LogP contribution in [0.15, 0.2) is 24.3 Å². The number of rotatable bonds is 6. The number of hydrogen-bond acceptors (Lipinski definition) is 5. The lowest BCUT2D eigenvalue weighted by atomic mass is 9.84.